The Kier molecular flexibility index (Phi) is 7.73. The summed E-state index contributed by atoms with van der Waals surface area (Å²) in [6.45, 7) is 10.6. The first-order valence-corrected chi connectivity index (χ1v) is 11.0. The molecule has 2 N–H and O–H groups in total. The minimum atomic E-state index is 0.834. The van der Waals surface area contributed by atoms with Gasteiger partial charge in [0.05, 0.1) is 5.69 Å². The normalized spacial score (nSPS) is 19.9. The second-order valence-corrected chi connectivity index (χ2v) is 8.31. The first-order chi connectivity index (χ1) is 13.7. The third-order valence-corrected chi connectivity index (χ3v) is 6.18. The number of hydrogen-bond acceptors (Lipinski definition) is 1. The summed E-state index contributed by atoms with van der Waals surface area (Å²) in [5, 5.41) is 3.79. The van der Waals surface area contributed by atoms with Gasteiger partial charge in [0.25, 0.3) is 0 Å². The van der Waals surface area contributed by atoms with Crippen molar-refractivity contribution >= 4 is 6.08 Å². The molecule has 28 heavy (non-hydrogen) atoms. The summed E-state index contributed by atoms with van der Waals surface area (Å²) in [5.74, 6) is 1.75. The van der Waals surface area contributed by atoms with Crippen molar-refractivity contribution in [1.29, 1.82) is 0 Å². The van der Waals surface area contributed by atoms with Gasteiger partial charge in [-0.15, -0.1) is 0 Å². The average Bonchev–Trinajstić information content (AvgIpc) is 3.08. The molecule has 3 rings (SSSR count). The zero-order chi connectivity index (χ0) is 19.8. The van der Waals surface area contributed by atoms with E-state index in [-0.39, 0.29) is 0 Å². The third-order valence-electron chi connectivity index (χ3n) is 6.18. The van der Waals surface area contributed by atoms with Gasteiger partial charge in [-0.1, -0.05) is 68.8 Å². The van der Waals surface area contributed by atoms with Crippen molar-refractivity contribution in [3.05, 3.63) is 65.9 Å². The summed E-state index contributed by atoms with van der Waals surface area (Å²) in [6.07, 6.45) is 14.0. The first-order valence-electron chi connectivity index (χ1n) is 11.0. The first kappa shape index (κ1) is 20.7. The van der Waals surface area contributed by atoms with Crippen molar-refractivity contribution in [2.24, 2.45) is 11.8 Å². The molecule has 2 aromatic rings. The van der Waals surface area contributed by atoms with E-state index in [0.717, 1.165) is 37.8 Å². The highest BCUT2D eigenvalue weighted by Crippen LogP contribution is 2.31. The van der Waals surface area contributed by atoms with Crippen LogP contribution in [-0.4, -0.2) is 11.5 Å². The highest BCUT2D eigenvalue weighted by Gasteiger charge is 2.20. The topological polar surface area (TPSA) is 27.8 Å². The molecule has 0 bridgehead atoms. The molecule has 150 valence electrons. The summed E-state index contributed by atoms with van der Waals surface area (Å²) in [6, 6.07) is 10.7. The number of hydrogen-bond donors (Lipinski definition) is 2. The molecule has 1 saturated carbocycles. The number of aromatic nitrogens is 1. The van der Waals surface area contributed by atoms with Crippen molar-refractivity contribution in [2.45, 2.75) is 58.9 Å². The molecule has 0 unspecified atom stereocenters. The van der Waals surface area contributed by atoms with Gasteiger partial charge in [0.2, 0.25) is 0 Å². The van der Waals surface area contributed by atoms with E-state index in [4.69, 9.17) is 0 Å². The molecular weight excluding hydrogens is 340 g/mol. The van der Waals surface area contributed by atoms with Gasteiger partial charge < -0.3 is 10.3 Å². The minimum absolute atomic E-state index is 0.834. The maximum Gasteiger partial charge on any atom is 0.0507 e. The zero-order valence-corrected chi connectivity index (χ0v) is 17.6. The van der Waals surface area contributed by atoms with Crippen molar-refractivity contribution in [3.8, 4) is 11.3 Å². The number of allylic oxidation sites excluding steroid dienone is 2. The zero-order valence-electron chi connectivity index (χ0n) is 17.6. The number of aromatic amines is 1. The van der Waals surface area contributed by atoms with Gasteiger partial charge in [-0.25, -0.2) is 0 Å². The van der Waals surface area contributed by atoms with E-state index in [0.29, 0.717) is 0 Å². The minimum Gasteiger partial charge on any atom is -0.355 e. The molecule has 0 atom stereocenters. The molecule has 1 heterocycles. The van der Waals surface area contributed by atoms with Gasteiger partial charge in [-0.2, -0.15) is 0 Å². The SMILES string of the molecule is C=Cc1[nH]c(-c2ccccc2)c(CNCC2CCC(C)CC2)c1CC/C=C\C. The van der Waals surface area contributed by atoms with Crippen LogP contribution in [0.4, 0.5) is 0 Å². The Hall–Kier alpha value is -2.06. The highest BCUT2D eigenvalue weighted by molar-refractivity contribution is 5.70. The van der Waals surface area contributed by atoms with E-state index in [2.05, 4.69) is 73.2 Å². The lowest BCUT2D eigenvalue weighted by molar-refractivity contribution is 0.281. The smallest absolute Gasteiger partial charge is 0.0507 e. The van der Waals surface area contributed by atoms with Crippen LogP contribution in [0.15, 0.2) is 49.1 Å². The van der Waals surface area contributed by atoms with Crippen molar-refractivity contribution < 1.29 is 0 Å². The number of benzene rings is 1. The van der Waals surface area contributed by atoms with Crippen LogP contribution in [0.2, 0.25) is 0 Å². The number of rotatable bonds is 9. The Balaban J connectivity index is 1.79. The third kappa shape index (κ3) is 5.26. The summed E-state index contributed by atoms with van der Waals surface area (Å²) < 4.78 is 0. The lowest BCUT2D eigenvalue weighted by Gasteiger charge is -2.26. The summed E-state index contributed by atoms with van der Waals surface area (Å²) >= 11 is 0. The predicted molar refractivity (Wildman–Crippen MR) is 122 cm³/mol. The molecule has 0 saturated heterocycles. The monoisotopic (exact) mass is 376 g/mol. The predicted octanol–water partition coefficient (Wildman–Crippen LogP) is 6.75. The van der Waals surface area contributed by atoms with Crippen LogP contribution in [0.5, 0.6) is 0 Å². The van der Waals surface area contributed by atoms with Crippen LogP contribution < -0.4 is 5.32 Å². The number of H-pyrrole nitrogens is 1. The van der Waals surface area contributed by atoms with E-state index < -0.39 is 0 Å². The fourth-order valence-corrected chi connectivity index (χ4v) is 4.43. The fraction of sp³-hybridized carbons (Fsp3) is 0.462. The van der Waals surface area contributed by atoms with Gasteiger partial charge in [-0.3, -0.25) is 0 Å². The quantitative estimate of drug-likeness (QED) is 0.465. The molecule has 1 fully saturated rings. The molecule has 1 aromatic heterocycles. The fourth-order valence-electron chi connectivity index (χ4n) is 4.43. The van der Waals surface area contributed by atoms with E-state index in [9.17, 15) is 0 Å². The Morgan fingerprint density at radius 2 is 1.86 bits per heavy atom. The molecule has 0 spiro atoms. The van der Waals surface area contributed by atoms with E-state index in [1.54, 1.807) is 0 Å². The maximum absolute atomic E-state index is 4.06. The molecule has 1 aliphatic rings. The van der Waals surface area contributed by atoms with Gasteiger partial charge >= 0.3 is 0 Å². The standard InChI is InChI=1S/C26H36N2/c1-4-6-8-13-23-24(19-27-18-21-16-14-20(3)15-17-21)26(28-25(23)5-2)22-11-9-7-10-12-22/h4-7,9-12,20-21,27-28H,2,8,13-19H2,1,3H3/b6-4-. The van der Waals surface area contributed by atoms with Crippen molar-refractivity contribution in [2.75, 3.05) is 6.54 Å². The Morgan fingerprint density at radius 1 is 1.11 bits per heavy atom. The van der Waals surface area contributed by atoms with Crippen molar-refractivity contribution in [1.82, 2.24) is 10.3 Å². The molecule has 2 nitrogen and oxygen atoms in total. The van der Waals surface area contributed by atoms with Crippen LogP contribution in [0, 0.1) is 11.8 Å². The van der Waals surface area contributed by atoms with Crippen LogP contribution in [-0.2, 0) is 13.0 Å². The van der Waals surface area contributed by atoms with E-state index in [1.807, 2.05) is 6.08 Å². The average molecular weight is 377 g/mol. The molecule has 0 radical (unpaired) electrons. The van der Waals surface area contributed by atoms with Crippen LogP contribution in [0.1, 0.15) is 62.8 Å². The summed E-state index contributed by atoms with van der Waals surface area (Å²) in [4.78, 5) is 3.66. The molecule has 0 aliphatic heterocycles. The van der Waals surface area contributed by atoms with Crippen molar-refractivity contribution in [3.63, 3.8) is 0 Å². The van der Waals surface area contributed by atoms with Gasteiger partial charge in [0.1, 0.15) is 0 Å². The van der Waals surface area contributed by atoms with Gasteiger partial charge in [0, 0.05) is 12.2 Å². The molecule has 1 aromatic carbocycles. The summed E-state index contributed by atoms with van der Waals surface area (Å²) in [5.41, 5.74) is 6.50. The van der Waals surface area contributed by atoms with Crippen LogP contribution >= 0.6 is 0 Å². The number of nitrogens with one attached hydrogen (secondary N) is 2. The van der Waals surface area contributed by atoms with Crippen LogP contribution in [0.3, 0.4) is 0 Å². The molecule has 1 aliphatic carbocycles. The molecular formula is C26H36N2. The molecule has 2 heteroatoms. The largest absolute Gasteiger partial charge is 0.355 e. The highest BCUT2D eigenvalue weighted by atomic mass is 14.9. The Bertz CT molecular complexity index is 761. The van der Waals surface area contributed by atoms with Crippen LogP contribution in [0.25, 0.3) is 17.3 Å². The molecule has 0 amide bonds. The Labute approximate surface area is 171 Å². The van der Waals surface area contributed by atoms with Gasteiger partial charge in [0.15, 0.2) is 0 Å². The second kappa shape index (κ2) is 10.5. The Morgan fingerprint density at radius 3 is 2.54 bits per heavy atom. The van der Waals surface area contributed by atoms with Gasteiger partial charge in [-0.05, 0) is 73.8 Å². The van der Waals surface area contributed by atoms with E-state index >= 15 is 0 Å². The van der Waals surface area contributed by atoms with E-state index in [1.165, 1.54) is 53.8 Å². The maximum atomic E-state index is 4.06. The lowest BCUT2D eigenvalue weighted by Crippen LogP contribution is -2.26. The second-order valence-electron chi connectivity index (χ2n) is 8.31. The lowest BCUT2D eigenvalue weighted by atomic mass is 9.83. The summed E-state index contributed by atoms with van der Waals surface area (Å²) in [7, 11) is 0.